The highest BCUT2D eigenvalue weighted by Gasteiger charge is 2.37. The van der Waals surface area contributed by atoms with Crippen LogP contribution >= 0.6 is 11.6 Å². The normalized spacial score (nSPS) is 16.4. The van der Waals surface area contributed by atoms with Crippen molar-refractivity contribution in [3.8, 4) is 22.7 Å². The second-order valence-electron chi connectivity index (χ2n) is 12.0. The fourth-order valence-corrected chi connectivity index (χ4v) is 6.26. The maximum Gasteiger partial charge on any atom is 0.355 e. The van der Waals surface area contributed by atoms with Crippen LogP contribution in [0.2, 0.25) is 5.02 Å². The summed E-state index contributed by atoms with van der Waals surface area (Å²) in [4.78, 5) is 47.0. The van der Waals surface area contributed by atoms with E-state index in [0.29, 0.717) is 48.8 Å². The number of anilines is 1. The van der Waals surface area contributed by atoms with Crippen molar-refractivity contribution in [1.29, 1.82) is 0 Å². The van der Waals surface area contributed by atoms with Gasteiger partial charge in [0.15, 0.2) is 11.4 Å². The maximum absolute atomic E-state index is 15.2. The van der Waals surface area contributed by atoms with Gasteiger partial charge in [0, 0.05) is 44.0 Å². The molecule has 1 aromatic carbocycles. The van der Waals surface area contributed by atoms with Crippen LogP contribution in [0.1, 0.15) is 31.0 Å². The van der Waals surface area contributed by atoms with Crippen LogP contribution in [0.25, 0.3) is 28.0 Å². The first-order valence-corrected chi connectivity index (χ1v) is 15.3. The van der Waals surface area contributed by atoms with E-state index in [1.807, 2.05) is 56.8 Å². The van der Waals surface area contributed by atoms with Crippen LogP contribution in [0.3, 0.4) is 0 Å². The minimum atomic E-state index is -0.554. The Kier molecular flexibility index (Phi) is 8.32. The van der Waals surface area contributed by atoms with Crippen LogP contribution < -0.4 is 15.3 Å². The van der Waals surface area contributed by atoms with Crippen molar-refractivity contribution >= 4 is 34.4 Å². The van der Waals surface area contributed by atoms with E-state index in [2.05, 4.69) is 9.97 Å². The molecule has 1 amide bonds. The second kappa shape index (κ2) is 12.2. The molecule has 6 rings (SSSR count). The van der Waals surface area contributed by atoms with Gasteiger partial charge in [0.25, 0.3) is 0 Å². The number of aromatic nitrogens is 4. The number of ether oxygens (including phenoxy) is 1. The van der Waals surface area contributed by atoms with Gasteiger partial charge in [-0.2, -0.15) is 4.98 Å². The van der Waals surface area contributed by atoms with Crippen molar-refractivity contribution in [2.45, 2.75) is 32.7 Å². The highest BCUT2D eigenvalue weighted by molar-refractivity contribution is 6.36. The Bertz CT molecular complexity index is 1890. The fraction of sp³-hybridized carbons (Fsp3) is 0.364. The molecule has 3 aromatic heterocycles. The number of pyridine rings is 2. The quantitative estimate of drug-likeness (QED) is 0.285. The largest absolute Gasteiger partial charge is 0.489 e. The van der Waals surface area contributed by atoms with Gasteiger partial charge in [0.2, 0.25) is 5.91 Å². The van der Waals surface area contributed by atoms with Crippen LogP contribution in [0, 0.1) is 12.7 Å². The van der Waals surface area contributed by atoms with Gasteiger partial charge in [0.05, 0.1) is 23.1 Å². The Labute approximate surface area is 265 Å². The molecular weight excluding hydrogens is 597 g/mol. The van der Waals surface area contributed by atoms with Crippen molar-refractivity contribution in [3.05, 3.63) is 81.3 Å². The Balaban J connectivity index is 1.57. The molecule has 0 saturated carbocycles. The minimum absolute atomic E-state index is 0.0203. The molecule has 1 saturated heterocycles. The van der Waals surface area contributed by atoms with Gasteiger partial charge < -0.3 is 19.4 Å². The second-order valence-corrected chi connectivity index (χ2v) is 12.3. The highest BCUT2D eigenvalue weighted by atomic mass is 35.5. The molecule has 1 fully saturated rings. The number of amides is 1. The van der Waals surface area contributed by atoms with E-state index in [-0.39, 0.29) is 52.2 Å². The number of hydrogen-bond donors (Lipinski definition) is 0. The molecule has 5 heterocycles. The molecule has 2 aliphatic heterocycles. The van der Waals surface area contributed by atoms with Gasteiger partial charge in [-0.1, -0.05) is 43.7 Å². The molecule has 0 radical (unpaired) electrons. The summed E-state index contributed by atoms with van der Waals surface area (Å²) in [6.45, 7) is 7.91. The third kappa shape index (κ3) is 5.55. The molecule has 10 nitrogen and oxygen atoms in total. The molecule has 0 bridgehead atoms. The number of fused-ring (bicyclic) bond motifs is 2. The molecule has 1 atom stereocenters. The van der Waals surface area contributed by atoms with E-state index in [9.17, 15) is 9.59 Å². The van der Waals surface area contributed by atoms with Crippen molar-refractivity contribution in [3.63, 3.8) is 0 Å². The van der Waals surface area contributed by atoms with Crippen molar-refractivity contribution < 1.29 is 13.9 Å². The molecule has 4 aromatic rings. The summed E-state index contributed by atoms with van der Waals surface area (Å²) in [7, 11) is 3.87. The SMILES string of the molecule is Cc1ccnc(C(C)C)c1-n1c(=O)nc2c3c(c(Cl)c(-c4ccccc4F)nc31)OC[C@H]1CN(C(=O)/C=C/CN(C)C)CCN21. The first-order valence-electron chi connectivity index (χ1n) is 14.9. The summed E-state index contributed by atoms with van der Waals surface area (Å²) >= 11 is 7.01. The number of rotatable bonds is 6. The number of nitrogens with zero attached hydrogens (tertiary/aromatic N) is 7. The number of aryl methyl sites for hydroxylation is 1. The number of halogens is 2. The van der Waals surface area contributed by atoms with Gasteiger partial charge in [-0.3, -0.25) is 9.78 Å². The molecule has 0 N–H and O–H groups in total. The Morgan fingerprint density at radius 1 is 1.20 bits per heavy atom. The Morgan fingerprint density at radius 3 is 2.71 bits per heavy atom. The summed E-state index contributed by atoms with van der Waals surface area (Å²) < 4.78 is 23.1. The fourth-order valence-electron chi connectivity index (χ4n) is 5.97. The third-order valence-corrected chi connectivity index (χ3v) is 8.53. The van der Waals surface area contributed by atoms with E-state index in [1.54, 1.807) is 35.4 Å². The molecular formula is C33H35ClFN7O3. The lowest BCUT2D eigenvalue weighted by atomic mass is 10.0. The lowest BCUT2D eigenvalue weighted by Gasteiger charge is -2.40. The molecule has 45 heavy (non-hydrogen) atoms. The number of carbonyl (C=O) groups is 1. The van der Waals surface area contributed by atoms with Gasteiger partial charge in [-0.25, -0.2) is 18.7 Å². The average Bonchev–Trinajstić information content (AvgIpc) is 3.16. The van der Waals surface area contributed by atoms with Gasteiger partial charge in [-0.05, 0) is 50.7 Å². The summed E-state index contributed by atoms with van der Waals surface area (Å²) in [5.74, 6) is 0.0160. The Hall–Kier alpha value is -4.35. The number of carbonyl (C=O) groups excluding carboxylic acids is 1. The summed E-state index contributed by atoms with van der Waals surface area (Å²) in [6, 6.07) is 7.73. The maximum atomic E-state index is 15.2. The molecule has 12 heteroatoms. The minimum Gasteiger partial charge on any atom is -0.489 e. The van der Waals surface area contributed by atoms with Crippen molar-refractivity contribution in [2.24, 2.45) is 0 Å². The van der Waals surface area contributed by atoms with Crippen LogP contribution in [0.5, 0.6) is 5.75 Å². The molecule has 2 aliphatic rings. The zero-order valence-electron chi connectivity index (χ0n) is 25.9. The number of benzene rings is 1. The highest BCUT2D eigenvalue weighted by Crippen LogP contribution is 2.45. The first kappa shape index (κ1) is 30.7. The third-order valence-electron chi connectivity index (χ3n) is 8.18. The summed E-state index contributed by atoms with van der Waals surface area (Å²) in [5.41, 5.74) is 2.09. The van der Waals surface area contributed by atoms with Gasteiger partial charge in [-0.15, -0.1) is 0 Å². The topological polar surface area (TPSA) is 96.7 Å². The summed E-state index contributed by atoms with van der Waals surface area (Å²) in [6.07, 6.45) is 5.13. The summed E-state index contributed by atoms with van der Waals surface area (Å²) in [5, 5.41) is 0.568. The van der Waals surface area contributed by atoms with Crippen molar-refractivity contribution in [2.75, 3.05) is 51.8 Å². The first-order chi connectivity index (χ1) is 21.6. The zero-order chi connectivity index (χ0) is 32.0. The predicted molar refractivity (Wildman–Crippen MR) is 173 cm³/mol. The predicted octanol–water partition coefficient (Wildman–Crippen LogP) is 4.59. The van der Waals surface area contributed by atoms with Crippen LogP contribution in [-0.4, -0.2) is 88.1 Å². The van der Waals surface area contributed by atoms with Gasteiger partial charge in [0.1, 0.15) is 28.7 Å². The van der Waals surface area contributed by atoms with E-state index >= 15 is 4.39 Å². The van der Waals surface area contributed by atoms with E-state index < -0.39 is 11.5 Å². The number of hydrogen-bond acceptors (Lipinski definition) is 8. The molecule has 0 unspecified atom stereocenters. The van der Waals surface area contributed by atoms with Gasteiger partial charge >= 0.3 is 5.69 Å². The van der Waals surface area contributed by atoms with Crippen molar-refractivity contribution in [1.82, 2.24) is 29.3 Å². The van der Waals surface area contributed by atoms with Crippen LogP contribution in [0.15, 0.2) is 53.5 Å². The number of likely N-dealkylation sites (N-methyl/N-ethyl adjacent to an activating group) is 1. The molecule has 0 spiro atoms. The average molecular weight is 632 g/mol. The van der Waals surface area contributed by atoms with Crippen LogP contribution in [-0.2, 0) is 4.79 Å². The standard InChI is InChI=1S/C33H35ClFN7O3/c1-19(2)27-29(20(3)12-13-36-27)42-32-25-30(26(34)28(37-32)22-9-6-7-10-23(22)35)45-18-21-17-40(24(43)11-8-14-39(4)5)15-16-41(21)31(25)38-33(42)44/h6-13,19,21H,14-18H2,1-5H3/b11-8+/t21-/m1/s1. The zero-order valence-corrected chi connectivity index (χ0v) is 26.7. The lowest BCUT2D eigenvalue weighted by molar-refractivity contribution is -0.126. The molecule has 234 valence electrons. The van der Waals surface area contributed by atoms with Crippen LogP contribution in [0.4, 0.5) is 10.2 Å². The van der Waals surface area contributed by atoms with E-state index in [1.165, 1.54) is 10.6 Å². The van der Waals surface area contributed by atoms with E-state index in [0.717, 1.165) is 5.56 Å². The monoisotopic (exact) mass is 631 g/mol. The smallest absolute Gasteiger partial charge is 0.355 e. The Morgan fingerprint density at radius 2 is 1.98 bits per heavy atom. The van der Waals surface area contributed by atoms with E-state index in [4.69, 9.17) is 21.3 Å². The molecule has 0 aliphatic carbocycles. The lowest BCUT2D eigenvalue weighted by Crippen LogP contribution is -2.56. The number of piperazine rings is 1.